The lowest BCUT2D eigenvalue weighted by atomic mass is 9.87. The van der Waals surface area contributed by atoms with Crippen molar-refractivity contribution in [3.8, 4) is 11.5 Å². The molecule has 1 aliphatic rings. The van der Waals surface area contributed by atoms with E-state index in [-0.39, 0.29) is 49.9 Å². The zero-order chi connectivity index (χ0) is 29.4. The van der Waals surface area contributed by atoms with E-state index in [1.807, 2.05) is 52.9 Å². The number of rotatable bonds is 12. The van der Waals surface area contributed by atoms with Gasteiger partial charge in [-0.1, -0.05) is 30.3 Å². The fourth-order valence-corrected chi connectivity index (χ4v) is 5.43. The van der Waals surface area contributed by atoms with Crippen molar-refractivity contribution in [3.05, 3.63) is 93.0 Å². The van der Waals surface area contributed by atoms with Crippen LogP contribution in [0.2, 0.25) is 0 Å². The van der Waals surface area contributed by atoms with Gasteiger partial charge in [-0.15, -0.1) is 0 Å². The van der Waals surface area contributed by atoms with Gasteiger partial charge in [-0.2, -0.15) is 0 Å². The monoisotopic (exact) mass is 674 g/mol. The first-order chi connectivity index (χ1) is 19.8. The Morgan fingerprint density at radius 2 is 1.98 bits per heavy atom. The van der Waals surface area contributed by atoms with Crippen LogP contribution in [0.25, 0.3) is 0 Å². The molecule has 1 aromatic heterocycles. The number of nitrogens with one attached hydrogen (secondary N) is 1. The first-order valence-electron chi connectivity index (χ1n) is 13.0. The van der Waals surface area contributed by atoms with Crippen molar-refractivity contribution >= 4 is 40.7 Å². The summed E-state index contributed by atoms with van der Waals surface area (Å²) in [4.78, 5) is 39.7. The van der Waals surface area contributed by atoms with E-state index < -0.39 is 24.2 Å². The number of aliphatic hydroxyl groups is 2. The summed E-state index contributed by atoms with van der Waals surface area (Å²) < 4.78 is 17.5. The van der Waals surface area contributed by atoms with Gasteiger partial charge in [-0.05, 0) is 52.4 Å². The molecule has 4 rings (SSSR count). The van der Waals surface area contributed by atoms with E-state index in [0.29, 0.717) is 21.0 Å². The molecule has 1 aliphatic carbocycles. The molecule has 0 radical (unpaired) electrons. The number of methoxy groups -OCH3 is 1. The molecular weight excluding hydrogens is 643 g/mol. The fraction of sp³-hybridized carbons (Fsp3) is 0.300. The van der Waals surface area contributed by atoms with Crippen LogP contribution in [0.3, 0.4) is 0 Å². The summed E-state index contributed by atoms with van der Waals surface area (Å²) >= 11 is 2.01. The van der Waals surface area contributed by atoms with Crippen molar-refractivity contribution in [1.82, 2.24) is 10.2 Å². The second-order valence-corrected chi connectivity index (χ2v) is 10.6. The Morgan fingerprint density at radius 1 is 1.20 bits per heavy atom. The van der Waals surface area contributed by atoms with Crippen LogP contribution in [-0.2, 0) is 22.6 Å². The van der Waals surface area contributed by atoms with Gasteiger partial charge in [0.05, 0.1) is 42.3 Å². The maximum Gasteiger partial charge on any atom is 0.247 e. The number of hydrogen-bond donors (Lipinski definition) is 3. The summed E-state index contributed by atoms with van der Waals surface area (Å²) in [6, 6.07) is 13.3. The number of hydrogen-bond acceptors (Lipinski definition) is 8. The van der Waals surface area contributed by atoms with E-state index in [9.17, 15) is 24.6 Å². The maximum atomic E-state index is 13.8. The Balaban J connectivity index is 1.72. The number of halogens is 1. The topological polar surface area (TPSA) is 139 Å². The minimum atomic E-state index is -1.23. The van der Waals surface area contributed by atoms with Gasteiger partial charge in [0.2, 0.25) is 11.8 Å². The number of benzene rings is 2. The Labute approximate surface area is 251 Å². The summed E-state index contributed by atoms with van der Waals surface area (Å²) in [6.07, 6.45) is 3.09. The van der Waals surface area contributed by atoms with Gasteiger partial charge in [0.25, 0.3) is 0 Å². The highest BCUT2D eigenvalue weighted by atomic mass is 127. The van der Waals surface area contributed by atoms with Crippen LogP contribution in [0.15, 0.2) is 77.1 Å². The molecule has 2 aromatic carbocycles. The number of nitrogens with zero attached hydrogens (tertiary/aromatic N) is 1. The average Bonchev–Trinajstić information content (AvgIpc) is 3.50. The molecule has 3 N–H and O–H groups in total. The normalized spacial score (nSPS) is 18.2. The lowest BCUT2D eigenvalue weighted by molar-refractivity contribution is -0.138. The third kappa shape index (κ3) is 7.54. The van der Waals surface area contributed by atoms with E-state index >= 15 is 0 Å². The third-order valence-corrected chi connectivity index (χ3v) is 7.51. The number of amides is 2. The van der Waals surface area contributed by atoms with Gasteiger partial charge in [0.15, 0.2) is 11.5 Å². The van der Waals surface area contributed by atoms with Crippen molar-refractivity contribution in [2.45, 2.75) is 37.6 Å². The second kappa shape index (κ2) is 14.3. The molecule has 3 atom stereocenters. The molecule has 10 nitrogen and oxygen atoms in total. The van der Waals surface area contributed by atoms with Crippen molar-refractivity contribution < 1.29 is 38.5 Å². The standard InChI is InChI=1S/C30H31IN2O8/c1-39-26-12-21(17-35)11-23(31)29(26)41-25-15-22(30(38)32-8-9-34)14-24(28(25)37)33(16-20-7-10-40-18-20)27(36)13-19-5-3-2-4-6-19/h2-7,10-12,15,17-18,24-25,28,34,37H,8-9,13-14,16H2,1H3,(H,32,38). The molecule has 0 aliphatic heterocycles. The zero-order valence-electron chi connectivity index (χ0n) is 22.4. The van der Waals surface area contributed by atoms with Gasteiger partial charge in [-0.3, -0.25) is 14.4 Å². The summed E-state index contributed by atoms with van der Waals surface area (Å²) in [7, 11) is 1.44. The van der Waals surface area contributed by atoms with Gasteiger partial charge in [-0.25, -0.2) is 0 Å². The molecule has 3 aromatic rings. The smallest absolute Gasteiger partial charge is 0.247 e. The quantitative estimate of drug-likeness (QED) is 0.197. The second-order valence-electron chi connectivity index (χ2n) is 9.48. The predicted molar refractivity (Wildman–Crippen MR) is 158 cm³/mol. The molecule has 0 fully saturated rings. The Hall–Kier alpha value is -3.68. The summed E-state index contributed by atoms with van der Waals surface area (Å²) in [6.45, 7) is -0.0673. The lowest BCUT2D eigenvalue weighted by Gasteiger charge is -2.40. The molecule has 0 spiro atoms. The minimum absolute atomic E-state index is 0.0411. The van der Waals surface area contributed by atoms with Gasteiger partial charge >= 0.3 is 0 Å². The number of furan rings is 1. The van der Waals surface area contributed by atoms with Crippen LogP contribution < -0.4 is 14.8 Å². The van der Waals surface area contributed by atoms with Crippen molar-refractivity contribution in [1.29, 1.82) is 0 Å². The third-order valence-electron chi connectivity index (χ3n) is 6.71. The van der Waals surface area contributed by atoms with Gasteiger partial charge in [0, 0.05) is 36.2 Å². The summed E-state index contributed by atoms with van der Waals surface area (Å²) in [5, 5.41) is 23.6. The average molecular weight is 674 g/mol. The van der Waals surface area contributed by atoms with E-state index in [2.05, 4.69) is 5.32 Å². The number of ether oxygens (including phenoxy) is 2. The van der Waals surface area contributed by atoms with E-state index in [1.165, 1.54) is 31.8 Å². The summed E-state index contributed by atoms with van der Waals surface area (Å²) in [5.41, 5.74) is 2.21. The molecule has 1 heterocycles. The number of carbonyl (C=O) groups is 3. The van der Waals surface area contributed by atoms with E-state index in [1.54, 1.807) is 17.0 Å². The molecular formula is C30H31IN2O8. The highest BCUT2D eigenvalue weighted by molar-refractivity contribution is 14.1. The largest absolute Gasteiger partial charge is 0.493 e. The number of carbonyl (C=O) groups excluding carboxylic acids is 3. The molecule has 41 heavy (non-hydrogen) atoms. The Bertz CT molecular complexity index is 1380. The highest BCUT2D eigenvalue weighted by Gasteiger charge is 2.41. The van der Waals surface area contributed by atoms with Crippen molar-refractivity contribution in [2.24, 2.45) is 0 Å². The number of aldehydes is 1. The van der Waals surface area contributed by atoms with Gasteiger partial charge in [0.1, 0.15) is 18.5 Å². The molecule has 11 heteroatoms. The molecule has 3 unspecified atom stereocenters. The molecule has 0 saturated heterocycles. The molecule has 216 valence electrons. The first-order valence-corrected chi connectivity index (χ1v) is 14.0. The molecule has 0 saturated carbocycles. The summed E-state index contributed by atoms with van der Waals surface area (Å²) in [5.74, 6) is -0.129. The minimum Gasteiger partial charge on any atom is -0.493 e. The highest BCUT2D eigenvalue weighted by Crippen LogP contribution is 2.37. The maximum absolute atomic E-state index is 13.8. The van der Waals surface area contributed by atoms with Crippen LogP contribution in [0.1, 0.15) is 27.9 Å². The molecule has 0 bridgehead atoms. The van der Waals surface area contributed by atoms with Crippen LogP contribution in [0.4, 0.5) is 0 Å². The predicted octanol–water partition coefficient (Wildman–Crippen LogP) is 2.89. The van der Waals surface area contributed by atoms with Crippen LogP contribution in [-0.4, -0.2) is 71.7 Å². The lowest BCUT2D eigenvalue weighted by Crippen LogP contribution is -2.55. The molecule has 2 amide bonds. The van der Waals surface area contributed by atoms with E-state index in [4.69, 9.17) is 13.9 Å². The van der Waals surface area contributed by atoms with Crippen LogP contribution in [0, 0.1) is 3.57 Å². The number of aliphatic hydroxyl groups excluding tert-OH is 2. The Kier molecular flexibility index (Phi) is 10.6. The van der Waals surface area contributed by atoms with Crippen molar-refractivity contribution in [2.75, 3.05) is 20.3 Å². The van der Waals surface area contributed by atoms with Crippen molar-refractivity contribution in [3.63, 3.8) is 0 Å². The first kappa shape index (κ1) is 30.3. The van der Waals surface area contributed by atoms with Gasteiger partial charge < -0.3 is 34.3 Å². The fourth-order valence-electron chi connectivity index (χ4n) is 4.68. The van der Waals surface area contributed by atoms with Crippen LogP contribution >= 0.6 is 22.6 Å². The SMILES string of the molecule is COc1cc(C=O)cc(I)c1OC1C=C(C(=O)NCCO)CC(N(Cc2ccoc2)C(=O)Cc2ccccc2)C1O. The zero-order valence-corrected chi connectivity index (χ0v) is 24.5. The van der Waals surface area contributed by atoms with E-state index in [0.717, 1.165) is 11.1 Å². The Morgan fingerprint density at radius 3 is 2.63 bits per heavy atom. The van der Waals surface area contributed by atoms with Crippen LogP contribution in [0.5, 0.6) is 11.5 Å².